The van der Waals surface area contributed by atoms with Gasteiger partial charge >= 0.3 is 5.76 Å². The first-order valence-corrected chi connectivity index (χ1v) is 6.70. The van der Waals surface area contributed by atoms with Gasteiger partial charge in [-0.05, 0) is 30.9 Å². The standard InChI is InChI=1S/C14H16N2O4/c17-14-15-13(16-20-14)11-5-3-4-10(8-11)9-19-12-6-1-2-7-18-12/h3-5,8,12H,1-2,6-7,9H2,(H,15,16,17). The Morgan fingerprint density at radius 3 is 3.10 bits per heavy atom. The van der Waals surface area contributed by atoms with Gasteiger partial charge in [-0.15, -0.1) is 0 Å². The van der Waals surface area contributed by atoms with Gasteiger partial charge in [-0.3, -0.25) is 9.51 Å². The molecule has 1 aromatic carbocycles. The molecule has 1 N–H and O–H groups in total. The van der Waals surface area contributed by atoms with Crippen molar-refractivity contribution < 1.29 is 14.0 Å². The van der Waals surface area contributed by atoms with Crippen LogP contribution in [0.25, 0.3) is 11.4 Å². The Labute approximate surface area is 115 Å². The summed E-state index contributed by atoms with van der Waals surface area (Å²) in [6, 6.07) is 7.62. The van der Waals surface area contributed by atoms with Gasteiger partial charge in [0.15, 0.2) is 12.1 Å². The summed E-state index contributed by atoms with van der Waals surface area (Å²) >= 11 is 0. The van der Waals surface area contributed by atoms with E-state index in [1.807, 2.05) is 24.3 Å². The quantitative estimate of drug-likeness (QED) is 0.925. The first-order valence-electron chi connectivity index (χ1n) is 6.70. The van der Waals surface area contributed by atoms with E-state index >= 15 is 0 Å². The predicted octanol–water partition coefficient (Wildman–Crippen LogP) is 2.07. The molecule has 2 aromatic rings. The number of hydrogen-bond donors (Lipinski definition) is 1. The Morgan fingerprint density at radius 1 is 1.40 bits per heavy atom. The van der Waals surface area contributed by atoms with E-state index < -0.39 is 5.76 Å². The molecule has 6 heteroatoms. The fourth-order valence-electron chi connectivity index (χ4n) is 2.19. The van der Waals surface area contributed by atoms with E-state index in [9.17, 15) is 4.79 Å². The van der Waals surface area contributed by atoms with Crippen molar-refractivity contribution >= 4 is 0 Å². The van der Waals surface area contributed by atoms with Gasteiger partial charge in [-0.25, -0.2) is 4.79 Å². The zero-order valence-electron chi connectivity index (χ0n) is 11.0. The SMILES string of the molecule is O=c1[nH]c(-c2cccc(COC3CCCCO3)c2)no1. The number of benzene rings is 1. The Bertz CT molecular complexity index is 613. The van der Waals surface area contributed by atoms with Gasteiger partial charge in [0.2, 0.25) is 0 Å². The van der Waals surface area contributed by atoms with Gasteiger partial charge in [0.25, 0.3) is 0 Å². The number of hydrogen-bond acceptors (Lipinski definition) is 5. The maximum atomic E-state index is 11.0. The Balaban J connectivity index is 1.66. The van der Waals surface area contributed by atoms with E-state index in [1.165, 1.54) is 0 Å². The monoisotopic (exact) mass is 276 g/mol. The number of rotatable bonds is 4. The number of ether oxygens (including phenoxy) is 2. The van der Waals surface area contributed by atoms with Crippen molar-refractivity contribution in [3.63, 3.8) is 0 Å². The molecule has 106 valence electrons. The van der Waals surface area contributed by atoms with Crippen molar-refractivity contribution in [3.8, 4) is 11.4 Å². The highest BCUT2D eigenvalue weighted by molar-refractivity contribution is 5.54. The van der Waals surface area contributed by atoms with Crippen LogP contribution in [-0.2, 0) is 16.1 Å². The van der Waals surface area contributed by atoms with Crippen LogP contribution in [0.1, 0.15) is 24.8 Å². The predicted molar refractivity (Wildman–Crippen MR) is 70.9 cm³/mol. The minimum Gasteiger partial charge on any atom is -0.353 e. The summed E-state index contributed by atoms with van der Waals surface area (Å²) in [5.41, 5.74) is 1.79. The minimum absolute atomic E-state index is 0.112. The maximum absolute atomic E-state index is 11.0. The normalized spacial score (nSPS) is 19.1. The summed E-state index contributed by atoms with van der Waals surface area (Å²) < 4.78 is 15.7. The Morgan fingerprint density at radius 2 is 2.35 bits per heavy atom. The highest BCUT2D eigenvalue weighted by Crippen LogP contribution is 2.18. The average molecular weight is 276 g/mol. The average Bonchev–Trinajstić information content (AvgIpc) is 2.93. The summed E-state index contributed by atoms with van der Waals surface area (Å²) in [5.74, 6) is -0.136. The van der Waals surface area contributed by atoms with E-state index in [2.05, 4.69) is 14.7 Å². The summed E-state index contributed by atoms with van der Waals surface area (Å²) in [4.78, 5) is 13.5. The second-order valence-electron chi connectivity index (χ2n) is 4.75. The molecule has 1 aromatic heterocycles. The summed E-state index contributed by atoms with van der Waals surface area (Å²) in [7, 11) is 0. The third-order valence-electron chi connectivity index (χ3n) is 3.21. The van der Waals surface area contributed by atoms with Gasteiger partial charge in [0.05, 0.1) is 6.61 Å². The molecular weight excluding hydrogens is 260 g/mol. The van der Waals surface area contributed by atoms with Crippen molar-refractivity contribution in [1.29, 1.82) is 0 Å². The second-order valence-corrected chi connectivity index (χ2v) is 4.75. The molecule has 3 rings (SSSR count). The molecule has 0 saturated carbocycles. The van der Waals surface area contributed by atoms with Crippen LogP contribution in [-0.4, -0.2) is 23.0 Å². The van der Waals surface area contributed by atoms with Crippen molar-refractivity contribution in [2.45, 2.75) is 32.2 Å². The van der Waals surface area contributed by atoms with Crippen LogP contribution in [0, 0.1) is 0 Å². The summed E-state index contributed by atoms with van der Waals surface area (Å²) in [5, 5.41) is 3.67. The molecule has 6 nitrogen and oxygen atoms in total. The highest BCUT2D eigenvalue weighted by atomic mass is 16.7. The zero-order chi connectivity index (χ0) is 13.8. The highest BCUT2D eigenvalue weighted by Gasteiger charge is 2.14. The molecule has 0 amide bonds. The molecule has 0 aliphatic carbocycles. The van der Waals surface area contributed by atoms with Crippen LogP contribution in [0.15, 0.2) is 33.6 Å². The lowest BCUT2D eigenvalue weighted by Crippen LogP contribution is -2.21. The van der Waals surface area contributed by atoms with Crippen LogP contribution >= 0.6 is 0 Å². The molecule has 1 saturated heterocycles. The molecule has 20 heavy (non-hydrogen) atoms. The molecule has 1 unspecified atom stereocenters. The zero-order valence-corrected chi connectivity index (χ0v) is 11.0. The van der Waals surface area contributed by atoms with Gasteiger partial charge in [0.1, 0.15) is 0 Å². The van der Waals surface area contributed by atoms with Gasteiger partial charge in [-0.1, -0.05) is 23.4 Å². The van der Waals surface area contributed by atoms with Crippen LogP contribution < -0.4 is 5.76 Å². The van der Waals surface area contributed by atoms with Crippen molar-refractivity contribution in [3.05, 3.63) is 40.4 Å². The van der Waals surface area contributed by atoms with E-state index in [0.717, 1.165) is 37.0 Å². The topological polar surface area (TPSA) is 77.4 Å². The smallest absolute Gasteiger partial charge is 0.353 e. The van der Waals surface area contributed by atoms with E-state index in [0.29, 0.717) is 12.4 Å². The van der Waals surface area contributed by atoms with Crippen LogP contribution in [0.4, 0.5) is 0 Å². The number of aromatic nitrogens is 2. The van der Waals surface area contributed by atoms with E-state index in [4.69, 9.17) is 9.47 Å². The molecular formula is C14H16N2O4. The van der Waals surface area contributed by atoms with Crippen molar-refractivity contribution in [2.75, 3.05) is 6.61 Å². The third kappa shape index (κ3) is 3.15. The van der Waals surface area contributed by atoms with E-state index in [-0.39, 0.29) is 6.29 Å². The molecule has 1 fully saturated rings. The molecule has 0 radical (unpaired) electrons. The number of H-pyrrole nitrogens is 1. The number of aromatic amines is 1. The molecule has 2 heterocycles. The largest absolute Gasteiger partial charge is 0.439 e. The molecule has 1 atom stereocenters. The molecule has 0 bridgehead atoms. The first-order chi connectivity index (χ1) is 9.81. The van der Waals surface area contributed by atoms with Crippen LogP contribution in [0.2, 0.25) is 0 Å². The van der Waals surface area contributed by atoms with Gasteiger partial charge < -0.3 is 9.47 Å². The lowest BCUT2D eigenvalue weighted by molar-refractivity contribution is -0.168. The molecule has 0 spiro atoms. The van der Waals surface area contributed by atoms with Gasteiger partial charge in [-0.2, -0.15) is 0 Å². The fraction of sp³-hybridized carbons (Fsp3) is 0.429. The molecule has 1 aliphatic rings. The second kappa shape index (κ2) is 6.02. The molecule has 1 aliphatic heterocycles. The van der Waals surface area contributed by atoms with E-state index in [1.54, 1.807) is 0 Å². The summed E-state index contributed by atoms with van der Waals surface area (Å²) in [6.45, 7) is 1.24. The van der Waals surface area contributed by atoms with Crippen LogP contribution in [0.3, 0.4) is 0 Å². The summed E-state index contributed by atoms with van der Waals surface area (Å²) in [6.07, 6.45) is 3.08. The lowest BCUT2D eigenvalue weighted by atomic mass is 10.1. The fourth-order valence-corrected chi connectivity index (χ4v) is 2.19. The van der Waals surface area contributed by atoms with Gasteiger partial charge in [0, 0.05) is 12.2 Å². The van der Waals surface area contributed by atoms with Crippen LogP contribution in [0.5, 0.6) is 0 Å². The third-order valence-corrected chi connectivity index (χ3v) is 3.21. The number of nitrogens with zero attached hydrogens (tertiary/aromatic N) is 1. The lowest BCUT2D eigenvalue weighted by Gasteiger charge is -2.22. The first kappa shape index (κ1) is 13.1. The minimum atomic E-state index is -0.558. The Hall–Kier alpha value is -1.92. The van der Waals surface area contributed by atoms with Crippen molar-refractivity contribution in [1.82, 2.24) is 10.1 Å². The Kier molecular flexibility index (Phi) is 3.94. The number of nitrogens with one attached hydrogen (secondary N) is 1. The maximum Gasteiger partial charge on any atom is 0.439 e. The van der Waals surface area contributed by atoms with Crippen molar-refractivity contribution in [2.24, 2.45) is 0 Å².